The first-order valence-electron chi connectivity index (χ1n) is 15.0. The third kappa shape index (κ3) is 6.70. The molecule has 4 aromatic rings. The smallest absolute Gasteiger partial charge is 0.289 e. The van der Waals surface area contributed by atoms with Crippen molar-refractivity contribution < 1.29 is 14.0 Å². The van der Waals surface area contributed by atoms with E-state index in [9.17, 15) is 9.59 Å². The van der Waals surface area contributed by atoms with Crippen molar-refractivity contribution in [3.63, 3.8) is 0 Å². The summed E-state index contributed by atoms with van der Waals surface area (Å²) in [5, 5.41) is 9.13. The number of imidazole rings is 1. The zero-order chi connectivity index (χ0) is 29.6. The van der Waals surface area contributed by atoms with E-state index in [1.165, 1.54) is 6.42 Å². The predicted octanol–water partition coefficient (Wildman–Crippen LogP) is 6.37. The molecule has 1 aliphatic carbocycles. The number of nitrogens with zero attached hydrogens (tertiary/aromatic N) is 5. The van der Waals surface area contributed by atoms with Crippen molar-refractivity contribution in [2.24, 2.45) is 5.92 Å². The molecule has 3 heterocycles. The van der Waals surface area contributed by atoms with Gasteiger partial charge in [-0.3, -0.25) is 9.59 Å². The number of thioether (sulfide) groups is 1. The van der Waals surface area contributed by atoms with E-state index < -0.39 is 0 Å². The maximum atomic E-state index is 14.0. The third-order valence-electron chi connectivity index (χ3n) is 8.35. The molecule has 1 saturated heterocycles. The van der Waals surface area contributed by atoms with Gasteiger partial charge in [-0.1, -0.05) is 31.4 Å². The van der Waals surface area contributed by atoms with E-state index in [1.807, 2.05) is 82.4 Å². The molecule has 0 unspecified atom stereocenters. The van der Waals surface area contributed by atoms with E-state index in [1.54, 1.807) is 12.4 Å². The maximum Gasteiger partial charge on any atom is 0.289 e. The average Bonchev–Trinajstić information content (AvgIpc) is 3.74. The first kappa shape index (κ1) is 28.8. The zero-order valence-electron chi connectivity index (χ0n) is 24.2. The first-order valence-corrected chi connectivity index (χ1v) is 16.1. The molecule has 0 bridgehead atoms. The van der Waals surface area contributed by atoms with Crippen molar-refractivity contribution in [2.45, 2.75) is 45.2 Å². The summed E-state index contributed by atoms with van der Waals surface area (Å²) in [5.74, 6) is 2.98. The number of carbonyl (C=O) groups excluding carboxylic acids is 2. The Balaban J connectivity index is 1.22. The largest absolute Gasteiger partial charge is 0.451 e. The molecule has 0 spiro atoms. The Morgan fingerprint density at radius 1 is 0.977 bits per heavy atom. The van der Waals surface area contributed by atoms with Crippen molar-refractivity contribution in [3.8, 4) is 17.4 Å². The van der Waals surface area contributed by atoms with E-state index in [4.69, 9.17) is 9.68 Å². The molecule has 2 aromatic carbocycles. The van der Waals surface area contributed by atoms with E-state index in [2.05, 4.69) is 15.6 Å². The van der Waals surface area contributed by atoms with Gasteiger partial charge in [0, 0.05) is 54.5 Å². The Morgan fingerprint density at radius 2 is 1.72 bits per heavy atom. The van der Waals surface area contributed by atoms with Gasteiger partial charge in [0.1, 0.15) is 5.76 Å². The third-order valence-corrected chi connectivity index (χ3v) is 9.30. The summed E-state index contributed by atoms with van der Waals surface area (Å²) in [4.78, 5) is 35.0. The van der Waals surface area contributed by atoms with Crippen LogP contribution in [0.4, 0.5) is 5.69 Å². The quantitative estimate of drug-likeness (QED) is 0.236. The van der Waals surface area contributed by atoms with Crippen LogP contribution in [0.2, 0.25) is 0 Å². The summed E-state index contributed by atoms with van der Waals surface area (Å²) in [6.45, 7) is 2.48. The highest BCUT2D eigenvalue weighted by Gasteiger charge is 2.28. The lowest BCUT2D eigenvalue weighted by Gasteiger charge is -2.30. The highest BCUT2D eigenvalue weighted by molar-refractivity contribution is 7.99. The minimum Gasteiger partial charge on any atom is -0.451 e. The number of hydrogen-bond acceptors (Lipinski definition) is 6. The second-order valence-electron chi connectivity index (χ2n) is 11.2. The Morgan fingerprint density at radius 3 is 2.44 bits per heavy atom. The topological polar surface area (TPSA) is 95.4 Å². The minimum atomic E-state index is -0.0648. The van der Waals surface area contributed by atoms with Crippen molar-refractivity contribution in [2.75, 3.05) is 29.5 Å². The monoisotopic (exact) mass is 593 g/mol. The average molecular weight is 594 g/mol. The van der Waals surface area contributed by atoms with Gasteiger partial charge in [-0.05, 0) is 66.9 Å². The van der Waals surface area contributed by atoms with Gasteiger partial charge in [-0.15, -0.1) is 0 Å². The molecule has 1 aliphatic heterocycles. The molecule has 0 radical (unpaired) electrons. The second kappa shape index (κ2) is 13.3. The first-order chi connectivity index (χ1) is 21.1. The summed E-state index contributed by atoms with van der Waals surface area (Å²) >= 11 is 1.86. The van der Waals surface area contributed by atoms with Crippen molar-refractivity contribution in [1.29, 1.82) is 5.26 Å². The van der Waals surface area contributed by atoms with E-state index in [0.717, 1.165) is 72.8 Å². The van der Waals surface area contributed by atoms with Crippen molar-refractivity contribution in [1.82, 2.24) is 14.5 Å². The summed E-state index contributed by atoms with van der Waals surface area (Å²) in [6, 6.07) is 21.1. The molecule has 2 fully saturated rings. The fraction of sp³-hybridized carbons (Fsp3) is 0.353. The number of anilines is 1. The number of aromatic nitrogens is 2. The molecular weight excluding hydrogens is 558 g/mol. The molecule has 1 saturated carbocycles. The number of benzene rings is 2. The molecule has 0 atom stereocenters. The second-order valence-corrected chi connectivity index (χ2v) is 12.4. The van der Waals surface area contributed by atoms with Crippen molar-refractivity contribution >= 4 is 29.3 Å². The van der Waals surface area contributed by atoms with Gasteiger partial charge < -0.3 is 18.8 Å². The van der Waals surface area contributed by atoms with E-state index in [0.29, 0.717) is 30.2 Å². The Hall–Kier alpha value is -4.29. The molecule has 220 valence electrons. The number of hydrogen-bond donors (Lipinski definition) is 0. The molecule has 0 N–H and O–H groups in total. The molecule has 8 nitrogen and oxygen atoms in total. The Labute approximate surface area is 256 Å². The van der Waals surface area contributed by atoms with Crippen molar-refractivity contribution in [3.05, 3.63) is 95.8 Å². The molecule has 2 aromatic heterocycles. The van der Waals surface area contributed by atoms with Crippen LogP contribution in [0, 0.1) is 17.2 Å². The maximum absolute atomic E-state index is 14.0. The number of furan rings is 1. The molecule has 2 aliphatic rings. The number of nitriles is 1. The highest BCUT2D eigenvalue weighted by Crippen LogP contribution is 2.31. The minimum absolute atomic E-state index is 0.00940. The van der Waals surface area contributed by atoms with Gasteiger partial charge >= 0.3 is 0 Å². The zero-order valence-corrected chi connectivity index (χ0v) is 25.0. The fourth-order valence-corrected chi connectivity index (χ4v) is 6.77. The standard InChI is InChI=1S/C34H35N5O3S/c35-20-25-6-8-26(9-7-25)22-38-24-36-21-30(38)23-39(33(40)28-4-2-1-3-5-28)29-12-10-27(11-13-29)31-14-15-32(42-31)34(41)37-16-18-43-19-17-37/h6-15,21,24,28H,1-5,16-19,22-23H2. The lowest BCUT2D eigenvalue weighted by Crippen LogP contribution is -2.37. The van der Waals surface area contributed by atoms with Crippen LogP contribution in [0.15, 0.2) is 77.6 Å². The number of carbonyl (C=O) groups is 2. The van der Waals surface area contributed by atoms with Crippen LogP contribution < -0.4 is 4.90 Å². The highest BCUT2D eigenvalue weighted by atomic mass is 32.2. The lowest BCUT2D eigenvalue weighted by atomic mass is 9.88. The van der Waals surface area contributed by atoms with Crippen LogP contribution >= 0.6 is 11.8 Å². The predicted molar refractivity (Wildman–Crippen MR) is 168 cm³/mol. The molecular formula is C34H35N5O3S. The SMILES string of the molecule is N#Cc1ccc(Cn2cncc2CN(C(=O)C2CCCCC2)c2ccc(-c3ccc(C(=O)N4CCSCC4)o3)cc2)cc1. The summed E-state index contributed by atoms with van der Waals surface area (Å²) in [6.07, 6.45) is 8.78. The van der Waals surface area contributed by atoms with Crippen LogP contribution in [0.5, 0.6) is 0 Å². The van der Waals surface area contributed by atoms with E-state index in [-0.39, 0.29) is 17.7 Å². The van der Waals surface area contributed by atoms with Crippen LogP contribution in [-0.4, -0.2) is 50.9 Å². The number of rotatable bonds is 8. The normalized spacial score (nSPS) is 15.7. The van der Waals surface area contributed by atoms with E-state index >= 15 is 0 Å². The van der Waals surface area contributed by atoms with Gasteiger partial charge in [-0.2, -0.15) is 17.0 Å². The van der Waals surface area contributed by atoms with Gasteiger partial charge in [0.2, 0.25) is 5.91 Å². The fourth-order valence-electron chi connectivity index (χ4n) is 5.87. The van der Waals surface area contributed by atoms with Crippen LogP contribution in [0.25, 0.3) is 11.3 Å². The summed E-state index contributed by atoms with van der Waals surface area (Å²) < 4.78 is 8.05. The molecule has 9 heteroatoms. The lowest BCUT2D eigenvalue weighted by molar-refractivity contribution is -0.123. The summed E-state index contributed by atoms with van der Waals surface area (Å²) in [7, 11) is 0. The molecule has 43 heavy (non-hydrogen) atoms. The number of amides is 2. The molecule has 6 rings (SSSR count). The van der Waals surface area contributed by atoms with Gasteiger partial charge in [0.25, 0.3) is 5.91 Å². The Bertz CT molecular complexity index is 1590. The van der Waals surface area contributed by atoms with Gasteiger partial charge in [0.05, 0.1) is 30.2 Å². The van der Waals surface area contributed by atoms with Gasteiger partial charge in [0.15, 0.2) is 5.76 Å². The summed E-state index contributed by atoms with van der Waals surface area (Å²) in [5.41, 5.74) is 4.29. The van der Waals surface area contributed by atoms with Gasteiger partial charge in [-0.25, -0.2) is 4.98 Å². The Kier molecular flexibility index (Phi) is 8.94. The van der Waals surface area contributed by atoms with Crippen LogP contribution in [-0.2, 0) is 17.9 Å². The van der Waals surface area contributed by atoms with Crippen LogP contribution in [0.1, 0.15) is 59.5 Å². The molecule has 2 amide bonds. The van der Waals surface area contributed by atoms with Crippen LogP contribution in [0.3, 0.4) is 0 Å².